The number of fused-ring (bicyclic) bond motifs is 3. The zero-order chi connectivity index (χ0) is 34.8. The van der Waals surface area contributed by atoms with Crippen LogP contribution < -0.4 is 20.1 Å². The molecule has 2 aliphatic carbocycles. The van der Waals surface area contributed by atoms with Gasteiger partial charge in [0.05, 0.1) is 18.4 Å². The van der Waals surface area contributed by atoms with Gasteiger partial charge in [0, 0.05) is 23.9 Å². The molecule has 14 heteroatoms. The highest BCUT2D eigenvalue weighted by atomic mass is 32.2. The van der Waals surface area contributed by atoms with Gasteiger partial charge in [-0.05, 0) is 74.4 Å². The van der Waals surface area contributed by atoms with Gasteiger partial charge in [-0.3, -0.25) is 19.1 Å². The van der Waals surface area contributed by atoms with Gasteiger partial charge in [0.25, 0.3) is 5.91 Å². The zero-order valence-corrected chi connectivity index (χ0v) is 28.6. The summed E-state index contributed by atoms with van der Waals surface area (Å²) < 4.78 is 39.3. The number of ether oxygens (including phenoxy) is 2. The van der Waals surface area contributed by atoms with Crippen LogP contribution in [0.5, 0.6) is 5.88 Å². The molecule has 2 aromatic rings. The molecule has 3 N–H and O–H groups in total. The smallest absolute Gasteiger partial charge is 0.407 e. The molecular formula is C35H45N5O8S. The normalized spacial score (nSPS) is 27.7. The number of pyridine rings is 1. The van der Waals surface area contributed by atoms with Crippen molar-refractivity contribution in [2.45, 2.75) is 107 Å². The highest BCUT2D eigenvalue weighted by Gasteiger charge is 2.62. The average molecular weight is 696 g/mol. The molecule has 0 unspecified atom stereocenters. The minimum absolute atomic E-state index is 0.0220. The standard InChI is InChI=1S/C35H45N5O8S/c1-3-5-10-28-32(42)40-21-25(19-29(40)30(41)38-35(20-24(35)4-2)33(43)39-49(45,46)26-13-14-26)48-31-27-18-22(11-12-23(27)15-16-36-31)9-7-6-8-17-47-34(44)37-28/h4,11-12,15-16,18,24-26,28-29H,2-3,5-10,13-14,17,19-21H2,1H3,(H,37,44)(H,38,41)(H,39,43)/t24-,25-,28+,29+,35-/m1/s1. The van der Waals surface area contributed by atoms with Crippen LogP contribution in [0, 0.1) is 5.92 Å². The van der Waals surface area contributed by atoms with Crippen LogP contribution >= 0.6 is 0 Å². The van der Waals surface area contributed by atoms with Crippen LogP contribution in [0.3, 0.4) is 0 Å². The first-order valence-electron chi connectivity index (χ1n) is 17.3. The third-order valence-corrected chi connectivity index (χ3v) is 11.8. The SMILES string of the molecule is C=C[C@@H]1C[C@]1(NC(=O)[C@@H]1C[C@@H]2CN1C(=O)[C@H](CCCC)NC(=O)OCCCCCc1ccc3ccnc(c3c1)O2)C(=O)NS(=O)(=O)C1CC1. The van der Waals surface area contributed by atoms with E-state index in [9.17, 15) is 27.6 Å². The molecular weight excluding hydrogens is 650 g/mol. The first-order valence-corrected chi connectivity index (χ1v) is 18.9. The number of cyclic esters (lactones) is 1. The number of carbonyl (C=O) groups excluding carboxylic acids is 4. The van der Waals surface area contributed by atoms with Crippen LogP contribution in [0.4, 0.5) is 4.79 Å². The van der Waals surface area contributed by atoms with Gasteiger partial charge in [0.1, 0.15) is 23.7 Å². The van der Waals surface area contributed by atoms with Gasteiger partial charge >= 0.3 is 6.09 Å². The molecule has 0 radical (unpaired) electrons. The lowest BCUT2D eigenvalue weighted by Crippen LogP contribution is -2.58. The Kier molecular flexibility index (Phi) is 10.1. The molecule has 4 amide bonds. The number of aromatic nitrogens is 1. The number of carbonyl (C=O) groups is 4. The number of unbranched alkanes of at least 4 members (excludes halogenated alkanes) is 1. The van der Waals surface area contributed by atoms with Gasteiger partial charge in [0.15, 0.2) is 0 Å². The second-order valence-corrected chi connectivity index (χ2v) is 15.6. The fraction of sp³-hybridized carbons (Fsp3) is 0.571. The molecule has 1 aromatic heterocycles. The molecule has 0 spiro atoms. The fourth-order valence-electron chi connectivity index (χ4n) is 6.81. The quantitative estimate of drug-likeness (QED) is 0.333. The summed E-state index contributed by atoms with van der Waals surface area (Å²) in [6, 6.07) is 6.00. The van der Waals surface area contributed by atoms with Gasteiger partial charge in [0.2, 0.25) is 27.7 Å². The van der Waals surface area contributed by atoms with Gasteiger partial charge in [-0.25, -0.2) is 18.2 Å². The second-order valence-electron chi connectivity index (χ2n) is 13.6. The maximum atomic E-state index is 14.2. The van der Waals surface area contributed by atoms with E-state index >= 15 is 0 Å². The summed E-state index contributed by atoms with van der Waals surface area (Å²) >= 11 is 0. The largest absolute Gasteiger partial charge is 0.472 e. The second kappa shape index (κ2) is 14.3. The summed E-state index contributed by atoms with van der Waals surface area (Å²) in [6.07, 6.45) is 8.02. The maximum absolute atomic E-state index is 14.2. The monoisotopic (exact) mass is 695 g/mol. The molecule has 1 aromatic carbocycles. The number of hydrogen-bond donors (Lipinski definition) is 3. The Morgan fingerprint density at radius 2 is 2.00 bits per heavy atom. The van der Waals surface area contributed by atoms with Crippen molar-refractivity contribution in [1.29, 1.82) is 0 Å². The van der Waals surface area contributed by atoms with E-state index in [4.69, 9.17) is 9.47 Å². The number of sulfonamides is 1. The van der Waals surface area contributed by atoms with Crippen LogP contribution in [0.2, 0.25) is 0 Å². The van der Waals surface area contributed by atoms with Crippen LogP contribution in [-0.2, 0) is 35.6 Å². The lowest BCUT2D eigenvalue weighted by atomic mass is 10.0. The lowest BCUT2D eigenvalue weighted by Gasteiger charge is -2.29. The molecule has 6 rings (SSSR count). The van der Waals surface area contributed by atoms with Crippen molar-refractivity contribution < 1.29 is 37.1 Å². The predicted molar refractivity (Wildman–Crippen MR) is 181 cm³/mol. The first-order chi connectivity index (χ1) is 23.5. The molecule has 5 atom stereocenters. The molecule has 49 heavy (non-hydrogen) atoms. The fourth-order valence-corrected chi connectivity index (χ4v) is 8.18. The van der Waals surface area contributed by atoms with E-state index in [-0.39, 0.29) is 26.0 Å². The highest BCUT2D eigenvalue weighted by molar-refractivity contribution is 7.91. The van der Waals surface area contributed by atoms with E-state index in [0.717, 1.165) is 42.0 Å². The minimum Gasteiger partial charge on any atom is -0.472 e. The Bertz CT molecular complexity index is 1730. The van der Waals surface area contributed by atoms with Crippen molar-refractivity contribution in [3.05, 3.63) is 48.7 Å². The van der Waals surface area contributed by atoms with E-state index < -0.39 is 68.7 Å². The Morgan fingerprint density at radius 3 is 2.73 bits per heavy atom. The Morgan fingerprint density at radius 1 is 1.18 bits per heavy atom. The van der Waals surface area contributed by atoms with Crippen molar-refractivity contribution in [1.82, 2.24) is 25.2 Å². The van der Waals surface area contributed by atoms with Crippen LogP contribution in [0.1, 0.15) is 76.7 Å². The summed E-state index contributed by atoms with van der Waals surface area (Å²) in [7, 11) is -3.87. The number of benzene rings is 1. The van der Waals surface area contributed by atoms with Crippen LogP contribution in [0.25, 0.3) is 10.8 Å². The molecule has 3 fully saturated rings. The van der Waals surface area contributed by atoms with E-state index in [0.29, 0.717) is 38.0 Å². The maximum Gasteiger partial charge on any atom is 0.407 e. The van der Waals surface area contributed by atoms with Gasteiger partial charge in [-0.2, -0.15) is 0 Å². The minimum atomic E-state index is -3.87. The molecule has 1 saturated heterocycles. The van der Waals surface area contributed by atoms with Crippen LogP contribution in [-0.4, -0.2) is 84.2 Å². The zero-order valence-electron chi connectivity index (χ0n) is 27.8. The Balaban J connectivity index is 1.30. The van der Waals surface area contributed by atoms with Gasteiger partial charge < -0.3 is 25.0 Å². The summed E-state index contributed by atoms with van der Waals surface area (Å²) in [5, 5.41) is 6.67. The molecule has 4 aliphatic rings. The predicted octanol–water partition coefficient (Wildman–Crippen LogP) is 3.26. The number of amides is 4. The molecule has 3 heterocycles. The molecule has 4 bridgehead atoms. The molecule has 2 saturated carbocycles. The Labute approximate surface area is 286 Å². The Hall–Kier alpha value is -4.20. The third kappa shape index (κ3) is 7.68. The number of alkyl carbamates (subject to hydrolysis) is 1. The van der Waals surface area contributed by atoms with Crippen LogP contribution in [0.15, 0.2) is 43.1 Å². The van der Waals surface area contributed by atoms with Crippen molar-refractivity contribution in [2.75, 3.05) is 13.2 Å². The number of nitrogens with one attached hydrogen (secondary N) is 3. The summed E-state index contributed by atoms with van der Waals surface area (Å²) in [6.45, 7) is 5.98. The van der Waals surface area contributed by atoms with Crippen molar-refractivity contribution in [2.24, 2.45) is 5.92 Å². The summed E-state index contributed by atoms with van der Waals surface area (Å²) in [5.74, 6) is -2.03. The highest BCUT2D eigenvalue weighted by Crippen LogP contribution is 2.45. The van der Waals surface area contributed by atoms with E-state index in [1.165, 1.54) is 11.0 Å². The van der Waals surface area contributed by atoms with Gasteiger partial charge in [-0.15, -0.1) is 6.58 Å². The molecule has 2 aliphatic heterocycles. The van der Waals surface area contributed by atoms with Crippen molar-refractivity contribution in [3.63, 3.8) is 0 Å². The van der Waals surface area contributed by atoms with Crippen molar-refractivity contribution in [3.8, 4) is 5.88 Å². The van der Waals surface area contributed by atoms with Crippen molar-refractivity contribution >= 4 is 44.6 Å². The van der Waals surface area contributed by atoms with Gasteiger partial charge in [-0.1, -0.05) is 38.0 Å². The van der Waals surface area contributed by atoms with E-state index in [1.807, 2.05) is 25.1 Å². The first kappa shape index (κ1) is 34.7. The number of hydrogen-bond acceptors (Lipinski definition) is 9. The molecule has 264 valence electrons. The number of rotatable bonds is 9. The summed E-state index contributed by atoms with van der Waals surface area (Å²) in [4.78, 5) is 60.5. The topological polar surface area (TPSA) is 173 Å². The summed E-state index contributed by atoms with van der Waals surface area (Å²) in [5.41, 5.74) is -0.407. The lowest BCUT2D eigenvalue weighted by molar-refractivity contribution is -0.141. The number of aryl methyl sites for hydroxylation is 1. The number of nitrogens with zero attached hydrogens (tertiary/aromatic N) is 2. The average Bonchev–Trinajstić information content (AvgIpc) is 4.01. The van der Waals surface area contributed by atoms with E-state index in [1.54, 1.807) is 6.20 Å². The molecule has 13 nitrogen and oxygen atoms in total. The van der Waals surface area contributed by atoms with E-state index in [2.05, 4.69) is 33.0 Å². The third-order valence-electron chi connectivity index (χ3n) is 9.95.